The Bertz CT molecular complexity index is 320. The number of allylic oxidation sites excluding steroid dienone is 2. The lowest BCUT2D eigenvalue weighted by molar-refractivity contribution is -0.139. The van der Waals surface area contributed by atoms with E-state index < -0.39 is 34.4 Å². The molecule has 6 heteroatoms. The molecule has 0 aromatic carbocycles. The summed E-state index contributed by atoms with van der Waals surface area (Å²) < 4.78 is 36.2. The fourth-order valence-electron chi connectivity index (χ4n) is 1.71. The van der Waals surface area contributed by atoms with Crippen LogP contribution >= 0.6 is 11.6 Å². The molecule has 1 rings (SSSR count). The Morgan fingerprint density at radius 1 is 1.47 bits per heavy atom. The molecule has 0 spiro atoms. The quantitative estimate of drug-likeness (QED) is 0.808. The first kappa shape index (κ1) is 12.4. The molecule has 0 radical (unpaired) electrons. The van der Waals surface area contributed by atoms with Crippen molar-refractivity contribution in [2.75, 3.05) is 0 Å². The van der Waals surface area contributed by atoms with Gasteiger partial charge >= 0.3 is 12.1 Å². The Morgan fingerprint density at radius 3 is 2.20 bits per heavy atom. The number of rotatable bonds is 2. The molecule has 0 amide bonds. The maximum Gasteiger partial charge on any atom is 0.426 e. The summed E-state index contributed by atoms with van der Waals surface area (Å²) >= 11 is 5.03. The molecule has 86 valence electrons. The molecule has 1 fully saturated rings. The van der Waals surface area contributed by atoms with Crippen LogP contribution in [0.1, 0.15) is 13.8 Å². The smallest absolute Gasteiger partial charge is 0.426 e. The molecule has 0 bridgehead atoms. The Morgan fingerprint density at radius 2 is 1.93 bits per heavy atom. The molecular formula is C9H10ClF3O2. The van der Waals surface area contributed by atoms with Crippen LogP contribution in [0.3, 0.4) is 0 Å². The van der Waals surface area contributed by atoms with E-state index in [4.69, 9.17) is 16.7 Å². The molecule has 1 aliphatic rings. The SMILES string of the molecule is CC1(C)C(C(=O)O)[C@@H]1C=C(Cl)C(F)(F)F. The average Bonchev–Trinajstić information content (AvgIpc) is 2.50. The van der Waals surface area contributed by atoms with Gasteiger partial charge in [-0.1, -0.05) is 31.5 Å². The lowest BCUT2D eigenvalue weighted by Gasteiger charge is -2.04. The van der Waals surface area contributed by atoms with Gasteiger partial charge in [-0.2, -0.15) is 13.2 Å². The van der Waals surface area contributed by atoms with Gasteiger partial charge in [-0.15, -0.1) is 0 Å². The standard InChI is InChI=1S/C9H10ClF3O2/c1-8(2)4(6(8)7(14)15)3-5(10)9(11,12)13/h3-4,6H,1-2H3,(H,14,15)/t4-,6?/m0/s1. The topological polar surface area (TPSA) is 37.3 Å². The molecular weight excluding hydrogens is 233 g/mol. The van der Waals surface area contributed by atoms with Crippen LogP contribution in [0.15, 0.2) is 11.1 Å². The zero-order chi connectivity index (χ0) is 12.0. The highest BCUT2D eigenvalue weighted by atomic mass is 35.5. The lowest BCUT2D eigenvalue weighted by Crippen LogP contribution is -2.07. The maximum atomic E-state index is 12.1. The van der Waals surface area contributed by atoms with Gasteiger partial charge in [0.15, 0.2) is 0 Å². The van der Waals surface area contributed by atoms with Crippen LogP contribution in [0.5, 0.6) is 0 Å². The summed E-state index contributed by atoms with van der Waals surface area (Å²) in [7, 11) is 0. The zero-order valence-electron chi connectivity index (χ0n) is 8.10. The van der Waals surface area contributed by atoms with Crippen LogP contribution in [0.25, 0.3) is 0 Å². The average molecular weight is 243 g/mol. The summed E-state index contributed by atoms with van der Waals surface area (Å²) in [6.07, 6.45) is -3.80. The third-order valence-corrected chi connectivity index (χ3v) is 3.11. The minimum Gasteiger partial charge on any atom is -0.481 e. The van der Waals surface area contributed by atoms with E-state index in [9.17, 15) is 18.0 Å². The van der Waals surface area contributed by atoms with E-state index in [-0.39, 0.29) is 0 Å². The molecule has 1 N–H and O–H groups in total. The van der Waals surface area contributed by atoms with Gasteiger partial charge < -0.3 is 5.11 Å². The largest absolute Gasteiger partial charge is 0.481 e. The highest BCUT2D eigenvalue weighted by molar-refractivity contribution is 6.30. The minimum atomic E-state index is -4.59. The van der Waals surface area contributed by atoms with Gasteiger partial charge in [-0.25, -0.2) is 0 Å². The van der Waals surface area contributed by atoms with Crippen molar-refractivity contribution in [3.8, 4) is 0 Å². The van der Waals surface area contributed by atoms with Gasteiger partial charge in [-0.3, -0.25) is 4.79 Å². The Labute approximate surface area is 89.7 Å². The van der Waals surface area contributed by atoms with E-state index >= 15 is 0 Å². The van der Waals surface area contributed by atoms with Crippen molar-refractivity contribution in [1.82, 2.24) is 0 Å². The number of carboxylic acid groups (broad SMARTS) is 1. The highest BCUT2D eigenvalue weighted by Gasteiger charge is 2.61. The second kappa shape index (κ2) is 3.40. The zero-order valence-corrected chi connectivity index (χ0v) is 8.86. The van der Waals surface area contributed by atoms with Crippen LogP contribution in [0.2, 0.25) is 0 Å². The van der Waals surface area contributed by atoms with Gasteiger partial charge in [0.1, 0.15) is 5.03 Å². The number of alkyl halides is 3. The first-order valence-electron chi connectivity index (χ1n) is 4.26. The summed E-state index contributed by atoms with van der Waals surface area (Å²) in [6.45, 7) is 3.21. The summed E-state index contributed by atoms with van der Waals surface area (Å²) in [5.41, 5.74) is -0.656. The number of hydrogen-bond acceptors (Lipinski definition) is 1. The molecule has 0 saturated heterocycles. The van der Waals surface area contributed by atoms with E-state index in [1.54, 1.807) is 13.8 Å². The number of halogens is 4. The highest BCUT2D eigenvalue weighted by Crippen LogP contribution is 2.60. The van der Waals surface area contributed by atoms with Crippen LogP contribution in [0.4, 0.5) is 13.2 Å². The first-order chi connectivity index (χ1) is 6.58. The first-order valence-corrected chi connectivity index (χ1v) is 4.63. The van der Waals surface area contributed by atoms with Crippen molar-refractivity contribution in [3.05, 3.63) is 11.1 Å². The molecule has 2 nitrogen and oxygen atoms in total. The van der Waals surface area contributed by atoms with Crippen LogP contribution in [-0.4, -0.2) is 17.3 Å². The Balaban J connectivity index is 2.83. The van der Waals surface area contributed by atoms with E-state index in [0.717, 1.165) is 6.08 Å². The van der Waals surface area contributed by atoms with Gasteiger partial charge in [0.05, 0.1) is 5.92 Å². The normalized spacial score (nSPS) is 30.1. The van der Waals surface area contributed by atoms with Gasteiger partial charge in [0.25, 0.3) is 0 Å². The van der Waals surface area contributed by atoms with Crippen molar-refractivity contribution in [3.63, 3.8) is 0 Å². The van der Waals surface area contributed by atoms with Crippen molar-refractivity contribution in [2.45, 2.75) is 20.0 Å². The molecule has 1 unspecified atom stereocenters. The Hall–Kier alpha value is -0.710. The predicted molar refractivity (Wildman–Crippen MR) is 48.4 cm³/mol. The van der Waals surface area contributed by atoms with Gasteiger partial charge in [0.2, 0.25) is 0 Å². The summed E-state index contributed by atoms with van der Waals surface area (Å²) in [6, 6.07) is 0. The minimum absolute atomic E-state index is 0.649. The van der Waals surface area contributed by atoms with Crippen molar-refractivity contribution in [2.24, 2.45) is 17.3 Å². The lowest BCUT2D eigenvalue weighted by atomic mass is 10.1. The molecule has 0 aromatic heterocycles. The summed E-state index contributed by atoms with van der Waals surface area (Å²) in [5.74, 6) is -2.52. The monoisotopic (exact) mass is 242 g/mol. The van der Waals surface area contributed by atoms with Crippen molar-refractivity contribution >= 4 is 17.6 Å². The maximum absolute atomic E-state index is 12.1. The fraction of sp³-hybridized carbons (Fsp3) is 0.667. The molecule has 0 aliphatic heterocycles. The third-order valence-electron chi connectivity index (χ3n) is 2.77. The van der Waals surface area contributed by atoms with E-state index in [0.29, 0.717) is 0 Å². The molecule has 1 aliphatic carbocycles. The van der Waals surface area contributed by atoms with Crippen LogP contribution in [-0.2, 0) is 4.79 Å². The van der Waals surface area contributed by atoms with Crippen LogP contribution < -0.4 is 0 Å². The predicted octanol–water partition coefficient (Wildman–Crippen LogP) is 3.03. The number of aliphatic carboxylic acids is 1. The number of carbonyl (C=O) groups is 1. The second-order valence-electron chi connectivity index (χ2n) is 4.18. The van der Waals surface area contributed by atoms with Gasteiger partial charge in [0, 0.05) is 0 Å². The van der Waals surface area contributed by atoms with E-state index in [1.807, 2.05) is 0 Å². The van der Waals surface area contributed by atoms with Crippen molar-refractivity contribution < 1.29 is 23.1 Å². The number of hydrogen-bond donors (Lipinski definition) is 1. The molecule has 1 saturated carbocycles. The third kappa shape index (κ3) is 2.27. The van der Waals surface area contributed by atoms with Gasteiger partial charge in [-0.05, 0) is 11.3 Å². The summed E-state index contributed by atoms with van der Waals surface area (Å²) in [4.78, 5) is 10.7. The van der Waals surface area contributed by atoms with Crippen molar-refractivity contribution in [1.29, 1.82) is 0 Å². The summed E-state index contributed by atoms with van der Waals surface area (Å²) in [5, 5.41) is 7.48. The molecule has 0 aromatic rings. The molecule has 15 heavy (non-hydrogen) atoms. The van der Waals surface area contributed by atoms with E-state index in [1.165, 1.54) is 0 Å². The Kier molecular flexibility index (Phi) is 2.80. The fourth-order valence-corrected chi connectivity index (χ4v) is 1.85. The van der Waals surface area contributed by atoms with Crippen LogP contribution in [0, 0.1) is 17.3 Å². The number of carboxylic acids is 1. The second-order valence-corrected chi connectivity index (χ2v) is 4.58. The molecule has 2 atom stereocenters. The molecule has 0 heterocycles. The van der Waals surface area contributed by atoms with E-state index in [2.05, 4.69) is 0 Å².